The number of benzene rings is 1. The van der Waals surface area contributed by atoms with Gasteiger partial charge in [0.15, 0.2) is 0 Å². The molecule has 0 radical (unpaired) electrons. The topological polar surface area (TPSA) is 60.5 Å². The fourth-order valence-corrected chi connectivity index (χ4v) is 4.69. The van der Waals surface area contributed by atoms with Crippen LogP contribution in [0, 0.1) is 5.92 Å². The lowest BCUT2D eigenvalue weighted by Crippen LogP contribution is -2.41. The maximum Gasteiger partial charge on any atom is 0.243 e. The predicted molar refractivity (Wildman–Crippen MR) is 152 cm³/mol. The summed E-state index contributed by atoms with van der Waals surface area (Å²) in [4.78, 5) is 9.13. The van der Waals surface area contributed by atoms with E-state index in [1.54, 1.807) is 12.3 Å². The molecule has 1 aliphatic heterocycles. The second kappa shape index (κ2) is 14.8. The van der Waals surface area contributed by atoms with Gasteiger partial charge < -0.3 is 10.5 Å². The molecule has 2 aromatic rings. The minimum atomic E-state index is -0.548. The van der Waals surface area contributed by atoms with E-state index in [1.165, 1.54) is 44.1 Å². The predicted octanol–water partition coefficient (Wildman–Crippen LogP) is 9.35. The summed E-state index contributed by atoms with van der Waals surface area (Å²) in [6.07, 6.45) is 9.74. The molecule has 192 valence electrons. The highest BCUT2D eigenvalue weighted by molar-refractivity contribution is 6.09. The van der Waals surface area contributed by atoms with Crippen LogP contribution in [-0.2, 0) is 0 Å². The van der Waals surface area contributed by atoms with Crippen LogP contribution in [0.5, 0.6) is 5.88 Å². The van der Waals surface area contributed by atoms with Crippen LogP contribution in [0.3, 0.4) is 0 Å². The molecule has 2 aliphatic rings. The van der Waals surface area contributed by atoms with Gasteiger partial charge in [0.05, 0.1) is 11.4 Å². The van der Waals surface area contributed by atoms with Crippen LogP contribution in [0.1, 0.15) is 119 Å². The number of nitrogens with zero attached hydrogens (tertiary/aromatic N) is 2. The Kier molecular flexibility index (Phi) is 12.9. The van der Waals surface area contributed by atoms with Crippen LogP contribution in [-0.4, -0.2) is 16.3 Å². The van der Waals surface area contributed by atoms with Gasteiger partial charge in [0, 0.05) is 13.2 Å². The molecule has 0 amide bonds. The lowest BCUT2D eigenvalue weighted by Gasteiger charge is -2.32. The fourth-order valence-electron chi connectivity index (χ4n) is 4.69. The van der Waals surface area contributed by atoms with E-state index in [4.69, 9.17) is 15.5 Å². The first-order valence-electron chi connectivity index (χ1n) is 13.6. The van der Waals surface area contributed by atoms with Gasteiger partial charge in [-0.05, 0) is 63.0 Å². The third-order valence-corrected chi connectivity index (χ3v) is 6.27. The van der Waals surface area contributed by atoms with Gasteiger partial charge >= 0.3 is 0 Å². The Bertz CT molecular complexity index is 870. The number of nitrogen functional groups attached to an aromatic ring is 1. The third kappa shape index (κ3) is 7.32. The molecule has 1 saturated carbocycles. The summed E-state index contributed by atoms with van der Waals surface area (Å²) < 4.78 is 6.13. The van der Waals surface area contributed by atoms with Crippen molar-refractivity contribution < 1.29 is 6.16 Å². The number of fused-ring (bicyclic) bond motifs is 1. The summed E-state index contributed by atoms with van der Waals surface area (Å²) in [5, 5.41) is 0. The summed E-state index contributed by atoms with van der Waals surface area (Å²) in [5.74, 6) is 2.14. The van der Waals surface area contributed by atoms with E-state index in [2.05, 4.69) is 36.2 Å². The zero-order chi connectivity index (χ0) is 25.7. The van der Waals surface area contributed by atoms with Crippen LogP contribution in [0.2, 0.25) is 0 Å². The van der Waals surface area contributed by atoms with Crippen molar-refractivity contribution in [3.05, 3.63) is 47.7 Å². The Hall–Kier alpha value is -2.36. The van der Waals surface area contributed by atoms with Crippen LogP contribution in [0.15, 0.2) is 41.5 Å². The quantitative estimate of drug-likeness (QED) is 0.485. The van der Waals surface area contributed by atoms with Crippen molar-refractivity contribution in [3.63, 3.8) is 0 Å². The van der Waals surface area contributed by atoms with E-state index in [1.807, 2.05) is 55.4 Å². The average Bonchev–Trinajstić information content (AvgIpc) is 2.88. The molecule has 0 saturated heterocycles. The smallest absolute Gasteiger partial charge is 0.243 e. The van der Waals surface area contributed by atoms with Crippen LogP contribution >= 0.6 is 0 Å². The van der Waals surface area contributed by atoms with Gasteiger partial charge in [-0.2, -0.15) is 0 Å². The molecule has 1 aromatic heterocycles. The molecule has 2 N–H and O–H groups in total. The minimum absolute atomic E-state index is 0. The van der Waals surface area contributed by atoms with Crippen LogP contribution < -0.4 is 10.5 Å². The Balaban J connectivity index is 0.00000154. The zero-order valence-electron chi connectivity index (χ0n) is 23.2. The van der Waals surface area contributed by atoms with Crippen molar-refractivity contribution in [2.24, 2.45) is 10.9 Å². The van der Waals surface area contributed by atoms with Crippen molar-refractivity contribution >= 4 is 17.1 Å². The lowest BCUT2D eigenvalue weighted by molar-refractivity contribution is 0.171. The van der Waals surface area contributed by atoms with Gasteiger partial charge in [-0.25, -0.2) is 9.98 Å². The number of nitrogens with two attached hydrogens (primary N) is 1. The largest absolute Gasteiger partial charge is 0.463 e. The van der Waals surface area contributed by atoms with Gasteiger partial charge in [-0.1, -0.05) is 85.6 Å². The second-order valence-corrected chi connectivity index (χ2v) is 8.76. The van der Waals surface area contributed by atoms with Gasteiger partial charge in [0.1, 0.15) is 11.3 Å². The summed E-state index contributed by atoms with van der Waals surface area (Å²) in [6, 6.07) is 10.7. The number of anilines is 1. The lowest BCUT2D eigenvalue weighted by atomic mass is 9.77. The SMILES string of the molecule is CC.CC.CC.CCCC1CCC(c2ccc(C3=Nc4c(N)ccnc4OC3(C)C)cc2)CC1.[HH]. The molecule has 4 nitrogen and oxygen atoms in total. The Morgan fingerprint density at radius 3 is 2.09 bits per heavy atom. The molecule has 0 unspecified atom stereocenters. The Labute approximate surface area is 210 Å². The average molecular weight is 470 g/mol. The summed E-state index contributed by atoms with van der Waals surface area (Å²) in [5.41, 5.74) is 10.2. The number of pyridine rings is 1. The molecule has 1 aliphatic carbocycles. The molecule has 0 atom stereocenters. The van der Waals surface area contributed by atoms with Crippen molar-refractivity contribution in [3.8, 4) is 5.88 Å². The number of rotatable bonds is 4. The fraction of sp³-hybridized carbons (Fsp3) is 0.600. The van der Waals surface area contributed by atoms with E-state index in [9.17, 15) is 0 Å². The van der Waals surface area contributed by atoms with Crippen molar-refractivity contribution in [2.45, 2.75) is 112 Å². The highest BCUT2D eigenvalue weighted by Crippen LogP contribution is 2.41. The number of hydrogen-bond acceptors (Lipinski definition) is 4. The van der Waals surface area contributed by atoms with Crippen LogP contribution in [0.25, 0.3) is 0 Å². The molecule has 2 heterocycles. The monoisotopic (exact) mass is 469 g/mol. The third-order valence-electron chi connectivity index (χ3n) is 6.27. The van der Waals surface area contributed by atoms with Gasteiger partial charge in [-0.3, -0.25) is 0 Å². The standard InChI is InChI=1S/C24H31N3O.3C2H6.H2/c1-4-5-16-6-8-17(9-7-16)18-10-12-19(13-11-18)22-24(2,3)28-23-21(27-22)20(25)14-15-26-23;3*1-2;/h10-17H,4-9H2,1-3H3,(H2,25,26);3*1-2H3;1H. The second-order valence-electron chi connectivity index (χ2n) is 8.76. The van der Waals surface area contributed by atoms with Gasteiger partial charge in [0.2, 0.25) is 5.88 Å². The van der Waals surface area contributed by atoms with Gasteiger partial charge in [0.25, 0.3) is 0 Å². The molecule has 0 bridgehead atoms. The highest BCUT2D eigenvalue weighted by Gasteiger charge is 2.35. The summed E-state index contributed by atoms with van der Waals surface area (Å²) in [6.45, 7) is 18.4. The maximum absolute atomic E-state index is 6.13. The Morgan fingerprint density at radius 2 is 1.53 bits per heavy atom. The molecule has 34 heavy (non-hydrogen) atoms. The molecule has 0 spiro atoms. The molecule has 4 heteroatoms. The van der Waals surface area contributed by atoms with E-state index >= 15 is 0 Å². The summed E-state index contributed by atoms with van der Waals surface area (Å²) in [7, 11) is 0. The van der Waals surface area contributed by atoms with Crippen molar-refractivity contribution in [1.29, 1.82) is 0 Å². The van der Waals surface area contributed by atoms with Gasteiger partial charge in [-0.15, -0.1) is 0 Å². The minimum Gasteiger partial charge on any atom is -0.463 e. The summed E-state index contributed by atoms with van der Waals surface area (Å²) >= 11 is 0. The molecule has 4 rings (SSSR count). The maximum atomic E-state index is 6.13. The molecule has 1 aromatic carbocycles. The molecule has 1 fully saturated rings. The number of aliphatic imine (C=N–C) groups is 1. The van der Waals surface area contributed by atoms with Crippen molar-refractivity contribution in [1.82, 2.24) is 4.98 Å². The Morgan fingerprint density at radius 1 is 0.941 bits per heavy atom. The molecular weight excluding hydrogens is 418 g/mol. The first-order valence-corrected chi connectivity index (χ1v) is 13.6. The van der Waals surface area contributed by atoms with E-state index in [0.717, 1.165) is 17.2 Å². The first-order chi connectivity index (χ1) is 16.5. The van der Waals surface area contributed by atoms with Crippen LogP contribution in [0.4, 0.5) is 11.4 Å². The normalized spacial score (nSPS) is 19.9. The zero-order valence-corrected chi connectivity index (χ0v) is 23.2. The first kappa shape index (κ1) is 29.7. The van der Waals surface area contributed by atoms with E-state index < -0.39 is 5.60 Å². The number of ether oxygens (including phenoxy) is 1. The van der Waals surface area contributed by atoms with Crippen molar-refractivity contribution in [2.75, 3.05) is 5.73 Å². The number of hydrogen-bond donors (Lipinski definition) is 1. The van der Waals surface area contributed by atoms with E-state index in [-0.39, 0.29) is 1.43 Å². The molecular formula is C30H51N3O. The van der Waals surface area contributed by atoms with E-state index in [0.29, 0.717) is 23.2 Å². The number of aromatic nitrogens is 1. The highest BCUT2D eigenvalue weighted by atomic mass is 16.5.